The van der Waals surface area contributed by atoms with Gasteiger partial charge in [0, 0.05) is 13.6 Å². The number of carbonyl (C=O) groups excluding carboxylic acids is 1. The second-order valence-electron chi connectivity index (χ2n) is 5.64. The van der Waals surface area contributed by atoms with Crippen molar-refractivity contribution in [1.82, 2.24) is 9.88 Å². The first-order valence-corrected chi connectivity index (χ1v) is 7.62. The first-order valence-electron chi connectivity index (χ1n) is 7.62. The molecule has 0 radical (unpaired) electrons. The van der Waals surface area contributed by atoms with Gasteiger partial charge in [0.25, 0.3) is 0 Å². The minimum Gasteiger partial charge on any atom is -0.408 e. The van der Waals surface area contributed by atoms with Gasteiger partial charge in [0.2, 0.25) is 5.91 Å². The Kier molecular flexibility index (Phi) is 4.46. The van der Waals surface area contributed by atoms with Crippen LogP contribution in [0.15, 0.2) is 51.7 Å². The van der Waals surface area contributed by atoms with Gasteiger partial charge < -0.3 is 9.73 Å². The first kappa shape index (κ1) is 16.0. The lowest BCUT2D eigenvalue weighted by Crippen LogP contribution is -2.27. The van der Waals surface area contributed by atoms with Crippen molar-refractivity contribution in [1.29, 1.82) is 0 Å². The second-order valence-corrected chi connectivity index (χ2v) is 5.64. The number of hydrogen-bond acceptors (Lipinski definition) is 3. The Labute approximate surface area is 137 Å². The molecule has 1 heterocycles. The molecule has 0 bridgehead atoms. The van der Waals surface area contributed by atoms with Gasteiger partial charge in [-0.1, -0.05) is 18.2 Å². The zero-order valence-corrected chi connectivity index (χ0v) is 13.2. The summed E-state index contributed by atoms with van der Waals surface area (Å²) in [4.78, 5) is 23.3. The van der Waals surface area contributed by atoms with Crippen molar-refractivity contribution in [3.63, 3.8) is 0 Å². The maximum absolute atomic E-state index is 13.1. The number of fused-ring (bicyclic) bond motifs is 1. The van der Waals surface area contributed by atoms with Crippen molar-refractivity contribution in [2.45, 2.75) is 12.8 Å². The van der Waals surface area contributed by atoms with Crippen molar-refractivity contribution < 1.29 is 13.6 Å². The predicted molar refractivity (Wildman–Crippen MR) is 88.3 cm³/mol. The van der Waals surface area contributed by atoms with Crippen molar-refractivity contribution in [3.8, 4) is 0 Å². The third-order valence-corrected chi connectivity index (χ3v) is 3.85. The summed E-state index contributed by atoms with van der Waals surface area (Å²) < 4.78 is 19.7. The molecule has 6 heteroatoms. The van der Waals surface area contributed by atoms with Crippen molar-refractivity contribution in [3.05, 3.63) is 70.0 Å². The monoisotopic (exact) mass is 328 g/mol. The molecular formula is C18H17FN2O3. The third-order valence-electron chi connectivity index (χ3n) is 3.85. The maximum atomic E-state index is 13.1. The van der Waals surface area contributed by atoms with Crippen LogP contribution in [0.5, 0.6) is 0 Å². The molecular weight excluding hydrogens is 311 g/mol. The van der Waals surface area contributed by atoms with Crippen molar-refractivity contribution in [2.24, 2.45) is 7.05 Å². The highest BCUT2D eigenvalue weighted by atomic mass is 19.1. The molecule has 124 valence electrons. The van der Waals surface area contributed by atoms with E-state index in [1.807, 2.05) is 12.1 Å². The second kappa shape index (κ2) is 6.70. The molecule has 0 unspecified atom stereocenters. The number of benzene rings is 2. The minimum absolute atomic E-state index is 0.143. The van der Waals surface area contributed by atoms with Gasteiger partial charge in [-0.25, -0.2) is 9.18 Å². The lowest BCUT2D eigenvalue weighted by molar-refractivity contribution is -0.120. The van der Waals surface area contributed by atoms with Crippen LogP contribution in [-0.2, 0) is 24.7 Å². The molecule has 0 aliphatic rings. The highest BCUT2D eigenvalue weighted by Crippen LogP contribution is 2.14. The summed E-state index contributed by atoms with van der Waals surface area (Å²) in [7, 11) is 1.65. The fourth-order valence-electron chi connectivity index (χ4n) is 2.57. The summed E-state index contributed by atoms with van der Waals surface area (Å²) in [6, 6.07) is 11.5. The quantitative estimate of drug-likeness (QED) is 0.781. The van der Waals surface area contributed by atoms with Crippen LogP contribution >= 0.6 is 0 Å². The van der Waals surface area contributed by atoms with Gasteiger partial charge in [0.15, 0.2) is 5.58 Å². The molecule has 2 aromatic carbocycles. The number of amides is 1. The van der Waals surface area contributed by atoms with E-state index in [1.54, 1.807) is 25.2 Å². The van der Waals surface area contributed by atoms with E-state index in [0.717, 1.165) is 11.1 Å². The van der Waals surface area contributed by atoms with E-state index >= 15 is 0 Å². The van der Waals surface area contributed by atoms with E-state index in [1.165, 1.54) is 16.7 Å². The number of carbonyl (C=O) groups is 1. The van der Waals surface area contributed by atoms with Gasteiger partial charge >= 0.3 is 5.76 Å². The molecule has 0 spiro atoms. The summed E-state index contributed by atoms with van der Waals surface area (Å²) in [6.07, 6.45) is 0.758. The number of aromatic nitrogens is 1. The van der Waals surface area contributed by atoms with Crippen LogP contribution in [0.1, 0.15) is 11.1 Å². The van der Waals surface area contributed by atoms with E-state index in [-0.39, 0.29) is 18.1 Å². The number of nitrogens with zero attached hydrogens (tertiary/aromatic N) is 1. The van der Waals surface area contributed by atoms with Crippen LogP contribution < -0.4 is 11.1 Å². The molecule has 0 aliphatic heterocycles. The molecule has 0 saturated heterocycles. The molecule has 5 nitrogen and oxygen atoms in total. The van der Waals surface area contributed by atoms with E-state index in [4.69, 9.17) is 4.42 Å². The first-order chi connectivity index (χ1) is 11.5. The smallest absolute Gasteiger partial charge is 0.408 e. The SMILES string of the molecule is Cn1c(=O)oc2cc(CCNC(=O)Cc3cccc(F)c3)ccc21. The zero-order valence-electron chi connectivity index (χ0n) is 13.2. The van der Waals surface area contributed by atoms with Crippen LogP contribution in [0, 0.1) is 5.82 Å². The number of oxazole rings is 1. The Balaban J connectivity index is 1.56. The number of rotatable bonds is 5. The summed E-state index contributed by atoms with van der Waals surface area (Å²) >= 11 is 0. The molecule has 0 aliphatic carbocycles. The van der Waals surface area contributed by atoms with Gasteiger partial charge in [-0.2, -0.15) is 0 Å². The lowest BCUT2D eigenvalue weighted by Gasteiger charge is -2.06. The third kappa shape index (κ3) is 3.53. The predicted octanol–water partition coefficient (Wildman–Crippen LogP) is 2.17. The molecule has 0 fully saturated rings. The highest BCUT2D eigenvalue weighted by Gasteiger charge is 2.07. The van der Waals surface area contributed by atoms with E-state index in [2.05, 4.69) is 5.32 Å². The molecule has 0 saturated carbocycles. The van der Waals surface area contributed by atoms with Crippen molar-refractivity contribution >= 4 is 17.0 Å². The molecule has 1 N–H and O–H groups in total. The van der Waals surface area contributed by atoms with Crippen LogP contribution in [0.3, 0.4) is 0 Å². The topological polar surface area (TPSA) is 64.2 Å². The summed E-state index contributed by atoms with van der Waals surface area (Å²) in [6.45, 7) is 0.455. The molecule has 1 aromatic heterocycles. The number of aryl methyl sites for hydroxylation is 1. The Bertz CT molecular complexity index is 943. The van der Waals surface area contributed by atoms with Crippen LogP contribution in [0.2, 0.25) is 0 Å². The molecule has 3 rings (SSSR count). The van der Waals surface area contributed by atoms with Gasteiger partial charge in [-0.15, -0.1) is 0 Å². The molecule has 24 heavy (non-hydrogen) atoms. The standard InChI is InChI=1S/C18H17FN2O3/c1-21-15-6-5-12(10-16(15)24-18(21)23)7-8-20-17(22)11-13-3-2-4-14(19)9-13/h2-6,9-10H,7-8,11H2,1H3,(H,20,22). The van der Waals surface area contributed by atoms with Gasteiger partial charge in [0.05, 0.1) is 11.9 Å². The fraction of sp³-hybridized carbons (Fsp3) is 0.222. The Morgan fingerprint density at radius 1 is 1.21 bits per heavy atom. The Morgan fingerprint density at radius 3 is 2.83 bits per heavy atom. The fourth-order valence-corrected chi connectivity index (χ4v) is 2.57. The lowest BCUT2D eigenvalue weighted by atomic mass is 10.1. The molecule has 0 atom stereocenters. The average molecular weight is 328 g/mol. The summed E-state index contributed by atoms with van der Waals surface area (Å²) in [5.41, 5.74) is 2.87. The maximum Gasteiger partial charge on any atom is 0.419 e. The number of halogens is 1. The van der Waals surface area contributed by atoms with Gasteiger partial charge in [-0.05, 0) is 41.8 Å². The highest BCUT2D eigenvalue weighted by molar-refractivity contribution is 5.78. The van der Waals surface area contributed by atoms with Crippen LogP contribution in [-0.4, -0.2) is 17.0 Å². The van der Waals surface area contributed by atoms with Crippen molar-refractivity contribution in [2.75, 3.05) is 6.54 Å². The summed E-state index contributed by atoms with van der Waals surface area (Å²) in [5, 5.41) is 2.80. The average Bonchev–Trinajstić information content (AvgIpc) is 2.81. The zero-order chi connectivity index (χ0) is 17.1. The number of hydrogen-bond donors (Lipinski definition) is 1. The van der Waals surface area contributed by atoms with Crippen LogP contribution in [0.25, 0.3) is 11.1 Å². The normalized spacial score (nSPS) is 10.9. The Morgan fingerprint density at radius 2 is 2.04 bits per heavy atom. The van der Waals surface area contributed by atoms with E-state index < -0.39 is 5.76 Å². The Hall–Kier alpha value is -2.89. The van der Waals surface area contributed by atoms with Gasteiger partial charge in [0.1, 0.15) is 5.82 Å². The number of nitrogens with one attached hydrogen (secondary N) is 1. The van der Waals surface area contributed by atoms with Crippen LogP contribution in [0.4, 0.5) is 4.39 Å². The van der Waals surface area contributed by atoms with E-state index in [0.29, 0.717) is 24.1 Å². The minimum atomic E-state index is -0.398. The van der Waals surface area contributed by atoms with E-state index in [9.17, 15) is 14.0 Å². The molecule has 1 amide bonds. The molecule has 3 aromatic rings. The summed E-state index contributed by atoms with van der Waals surface area (Å²) in [5.74, 6) is -0.906. The largest absolute Gasteiger partial charge is 0.419 e. The van der Waals surface area contributed by atoms with Gasteiger partial charge in [-0.3, -0.25) is 9.36 Å².